The molecule has 1 N–H and O–H groups in total. The maximum Gasteiger partial charge on any atom is 0.323 e. The zero-order chi connectivity index (χ0) is 18.0. The van der Waals surface area contributed by atoms with E-state index in [1.165, 1.54) is 11.3 Å². The van der Waals surface area contributed by atoms with Crippen LogP contribution in [-0.2, 0) is 4.79 Å². The lowest BCUT2D eigenvalue weighted by Crippen LogP contribution is -2.26. The van der Waals surface area contributed by atoms with E-state index in [4.69, 9.17) is 21.4 Å². The van der Waals surface area contributed by atoms with Crippen LogP contribution in [0.15, 0.2) is 29.6 Å². The number of likely N-dealkylation sites (N-methyl/N-ethyl adjacent to an activating group) is 1. The Morgan fingerprint density at radius 1 is 1.32 bits per heavy atom. The average Bonchev–Trinajstić information content (AvgIpc) is 2.98. The third kappa shape index (κ3) is 3.67. The quantitative estimate of drug-likeness (QED) is 0.656. The number of aliphatic carboxylic acids is 1. The Kier molecular flexibility index (Phi) is 5.06. The molecule has 8 heteroatoms. The lowest BCUT2D eigenvalue weighted by atomic mass is 10.1. The Hall–Kier alpha value is -2.38. The van der Waals surface area contributed by atoms with Gasteiger partial charge in [0.2, 0.25) is 5.28 Å². The Balaban J connectivity index is 2.11. The van der Waals surface area contributed by atoms with Gasteiger partial charge in [-0.3, -0.25) is 4.79 Å². The van der Waals surface area contributed by atoms with Gasteiger partial charge in [-0.1, -0.05) is 12.1 Å². The summed E-state index contributed by atoms with van der Waals surface area (Å²) in [5.41, 5.74) is 1.91. The number of anilines is 1. The molecule has 0 atom stereocenters. The van der Waals surface area contributed by atoms with Gasteiger partial charge in [-0.25, -0.2) is 4.98 Å². The number of benzene rings is 1. The number of fused-ring (bicyclic) bond motifs is 1. The summed E-state index contributed by atoms with van der Waals surface area (Å²) < 4.78 is 5.47. The summed E-state index contributed by atoms with van der Waals surface area (Å²) >= 11 is 7.46. The molecule has 0 amide bonds. The number of carboxylic acid groups (broad SMARTS) is 1. The number of thiophene rings is 1. The average molecular weight is 378 g/mol. The summed E-state index contributed by atoms with van der Waals surface area (Å²) in [6, 6.07) is 7.73. The van der Waals surface area contributed by atoms with Crippen molar-refractivity contribution in [2.75, 3.05) is 25.1 Å². The van der Waals surface area contributed by atoms with Crippen LogP contribution in [0.3, 0.4) is 0 Å². The number of nitrogens with zero attached hydrogens (tertiary/aromatic N) is 3. The van der Waals surface area contributed by atoms with E-state index in [1.54, 1.807) is 11.9 Å². The minimum atomic E-state index is -0.941. The maximum absolute atomic E-state index is 11.1. The molecule has 6 nitrogen and oxygen atoms in total. The van der Waals surface area contributed by atoms with Crippen LogP contribution < -0.4 is 9.64 Å². The second-order valence-electron chi connectivity index (χ2n) is 5.35. The van der Waals surface area contributed by atoms with Crippen molar-refractivity contribution < 1.29 is 14.6 Å². The summed E-state index contributed by atoms with van der Waals surface area (Å²) in [5, 5.41) is 11.9. The number of carbonyl (C=O) groups is 1. The summed E-state index contributed by atoms with van der Waals surface area (Å²) in [4.78, 5) is 21.9. The van der Waals surface area contributed by atoms with E-state index in [9.17, 15) is 4.79 Å². The fourth-order valence-electron chi connectivity index (χ4n) is 2.56. The van der Waals surface area contributed by atoms with Crippen LogP contribution in [0.5, 0.6) is 5.75 Å². The molecular weight excluding hydrogens is 362 g/mol. The zero-order valence-corrected chi connectivity index (χ0v) is 15.3. The molecule has 130 valence electrons. The number of carboxylic acids is 1. The molecule has 2 heterocycles. The summed E-state index contributed by atoms with van der Waals surface area (Å²) in [5.74, 6) is 0.360. The molecule has 25 heavy (non-hydrogen) atoms. The number of aromatic nitrogens is 2. The van der Waals surface area contributed by atoms with Gasteiger partial charge in [0.05, 0.1) is 12.0 Å². The zero-order valence-electron chi connectivity index (χ0n) is 13.7. The number of hydrogen-bond acceptors (Lipinski definition) is 6. The van der Waals surface area contributed by atoms with Gasteiger partial charge in [-0.2, -0.15) is 4.98 Å². The molecule has 0 radical (unpaired) electrons. The molecule has 2 aromatic heterocycles. The number of halogens is 1. The van der Waals surface area contributed by atoms with Crippen LogP contribution >= 0.6 is 22.9 Å². The minimum Gasteiger partial charge on any atom is -0.494 e. The van der Waals surface area contributed by atoms with Crippen LogP contribution in [0.2, 0.25) is 5.28 Å². The third-order valence-corrected chi connectivity index (χ3v) is 4.64. The first-order valence-electron chi connectivity index (χ1n) is 7.60. The van der Waals surface area contributed by atoms with Gasteiger partial charge in [0.25, 0.3) is 0 Å². The molecule has 0 fully saturated rings. The smallest absolute Gasteiger partial charge is 0.323 e. The van der Waals surface area contributed by atoms with Crippen LogP contribution in [0.25, 0.3) is 21.3 Å². The molecule has 0 aliphatic carbocycles. The van der Waals surface area contributed by atoms with Crippen LogP contribution in [0.4, 0.5) is 5.82 Å². The van der Waals surface area contributed by atoms with Crippen LogP contribution in [0.1, 0.15) is 6.92 Å². The highest BCUT2D eigenvalue weighted by atomic mass is 35.5. The first-order chi connectivity index (χ1) is 12.0. The standard InChI is InChI=1S/C17H16ClN3O3S/c1-3-24-11-6-4-10(5-7-11)12-9-25-16-14(12)15(19-17(18)20-16)21(2)8-13(22)23/h4-7,9H,3,8H2,1-2H3,(H,22,23). The predicted octanol–water partition coefficient (Wildman–Crippen LogP) is 3.93. The molecule has 0 saturated carbocycles. The topological polar surface area (TPSA) is 75.6 Å². The normalized spacial score (nSPS) is 10.8. The molecular formula is C17H16ClN3O3S. The number of rotatable bonds is 6. The van der Waals surface area contributed by atoms with E-state index in [2.05, 4.69) is 9.97 Å². The second-order valence-corrected chi connectivity index (χ2v) is 6.55. The van der Waals surface area contributed by atoms with Gasteiger partial charge < -0.3 is 14.7 Å². The molecule has 3 rings (SSSR count). The highest BCUT2D eigenvalue weighted by molar-refractivity contribution is 7.17. The van der Waals surface area contributed by atoms with Crippen LogP contribution in [0, 0.1) is 0 Å². The van der Waals surface area contributed by atoms with E-state index in [0.717, 1.165) is 27.1 Å². The number of hydrogen-bond donors (Lipinski definition) is 1. The molecule has 0 aliphatic heterocycles. The first kappa shape index (κ1) is 17.4. The monoisotopic (exact) mass is 377 g/mol. The fraction of sp³-hybridized carbons (Fsp3) is 0.235. The van der Waals surface area contributed by atoms with E-state index in [-0.39, 0.29) is 11.8 Å². The Labute approximate surface area is 153 Å². The highest BCUT2D eigenvalue weighted by Crippen LogP contribution is 2.39. The number of ether oxygens (including phenoxy) is 1. The lowest BCUT2D eigenvalue weighted by molar-refractivity contribution is -0.135. The SMILES string of the molecule is CCOc1ccc(-c2csc3nc(Cl)nc(N(C)CC(=O)O)c23)cc1. The molecule has 0 aliphatic rings. The third-order valence-electron chi connectivity index (χ3n) is 3.60. The molecule has 0 bridgehead atoms. The van der Waals surface area contributed by atoms with Gasteiger partial charge in [-0.05, 0) is 36.2 Å². The Bertz CT molecular complexity index is 911. The first-order valence-corrected chi connectivity index (χ1v) is 8.86. The van der Waals surface area contributed by atoms with Crippen molar-refractivity contribution in [3.05, 3.63) is 34.9 Å². The molecule has 3 aromatic rings. The van der Waals surface area contributed by atoms with E-state index >= 15 is 0 Å². The van der Waals surface area contributed by atoms with Crippen molar-refractivity contribution in [1.29, 1.82) is 0 Å². The van der Waals surface area contributed by atoms with Gasteiger partial charge >= 0.3 is 5.97 Å². The largest absolute Gasteiger partial charge is 0.494 e. The Morgan fingerprint density at radius 3 is 2.68 bits per heavy atom. The highest BCUT2D eigenvalue weighted by Gasteiger charge is 2.19. The minimum absolute atomic E-state index is 0.0971. The van der Waals surface area contributed by atoms with Crippen molar-refractivity contribution in [2.45, 2.75) is 6.92 Å². The van der Waals surface area contributed by atoms with Crippen LogP contribution in [-0.4, -0.2) is 41.2 Å². The van der Waals surface area contributed by atoms with Crippen molar-refractivity contribution >= 4 is 44.9 Å². The second kappa shape index (κ2) is 7.25. The molecule has 0 spiro atoms. The van der Waals surface area contributed by atoms with Gasteiger partial charge in [-0.15, -0.1) is 11.3 Å². The van der Waals surface area contributed by atoms with E-state index < -0.39 is 5.97 Å². The molecule has 0 unspecified atom stereocenters. The lowest BCUT2D eigenvalue weighted by Gasteiger charge is -2.17. The van der Waals surface area contributed by atoms with Crippen molar-refractivity contribution in [2.24, 2.45) is 0 Å². The summed E-state index contributed by atoms with van der Waals surface area (Å²) in [6.45, 7) is 2.37. The van der Waals surface area contributed by atoms with E-state index in [1.807, 2.05) is 36.6 Å². The van der Waals surface area contributed by atoms with E-state index in [0.29, 0.717) is 12.4 Å². The molecule has 0 saturated heterocycles. The van der Waals surface area contributed by atoms with Gasteiger partial charge in [0.1, 0.15) is 22.9 Å². The fourth-order valence-corrected chi connectivity index (χ4v) is 3.72. The van der Waals surface area contributed by atoms with Gasteiger partial charge in [0, 0.05) is 18.0 Å². The summed E-state index contributed by atoms with van der Waals surface area (Å²) in [7, 11) is 1.67. The van der Waals surface area contributed by atoms with Crippen molar-refractivity contribution in [3.8, 4) is 16.9 Å². The Morgan fingerprint density at radius 2 is 2.04 bits per heavy atom. The maximum atomic E-state index is 11.1. The van der Waals surface area contributed by atoms with Crippen molar-refractivity contribution in [3.63, 3.8) is 0 Å². The van der Waals surface area contributed by atoms with Gasteiger partial charge in [0.15, 0.2) is 0 Å². The molecule has 1 aromatic carbocycles. The van der Waals surface area contributed by atoms with Crippen molar-refractivity contribution in [1.82, 2.24) is 9.97 Å². The summed E-state index contributed by atoms with van der Waals surface area (Å²) in [6.07, 6.45) is 0. The predicted molar refractivity (Wildman–Crippen MR) is 99.9 cm³/mol.